The van der Waals surface area contributed by atoms with Gasteiger partial charge in [-0.05, 0) is 49.2 Å². The second-order valence-corrected chi connectivity index (χ2v) is 5.06. The van der Waals surface area contributed by atoms with Crippen molar-refractivity contribution in [2.75, 3.05) is 0 Å². The number of carbonyl (C=O) groups excluding carboxylic acids is 1. The Bertz CT molecular complexity index is 630. The van der Waals surface area contributed by atoms with Gasteiger partial charge in [0, 0.05) is 16.1 Å². The molecule has 0 atom stereocenters. The summed E-state index contributed by atoms with van der Waals surface area (Å²) in [5, 5.41) is 0.356. The van der Waals surface area contributed by atoms with E-state index < -0.39 is 5.82 Å². The van der Waals surface area contributed by atoms with Gasteiger partial charge in [-0.1, -0.05) is 17.7 Å². The van der Waals surface area contributed by atoms with E-state index in [0.717, 1.165) is 17.4 Å². The Balaban J connectivity index is 2.21. The first kappa shape index (κ1) is 14.5. The third-order valence-electron chi connectivity index (χ3n) is 3.01. The van der Waals surface area contributed by atoms with Gasteiger partial charge >= 0.3 is 0 Å². The highest BCUT2D eigenvalue weighted by molar-refractivity contribution is 6.30. The van der Waals surface area contributed by atoms with E-state index >= 15 is 0 Å². The SMILES string of the molecule is Cc1cc(C=O)cc(C)c1OCc1ccc(Cl)cc1F. The number of hydrogen-bond acceptors (Lipinski definition) is 2. The van der Waals surface area contributed by atoms with Crippen molar-refractivity contribution >= 4 is 17.9 Å². The first-order valence-electron chi connectivity index (χ1n) is 6.14. The van der Waals surface area contributed by atoms with Crippen LogP contribution in [0.4, 0.5) is 4.39 Å². The van der Waals surface area contributed by atoms with Crippen molar-refractivity contribution in [3.8, 4) is 5.75 Å². The lowest BCUT2D eigenvalue weighted by Gasteiger charge is -2.13. The maximum Gasteiger partial charge on any atom is 0.150 e. The molecule has 20 heavy (non-hydrogen) atoms. The maximum absolute atomic E-state index is 13.7. The van der Waals surface area contributed by atoms with Crippen LogP contribution in [0.15, 0.2) is 30.3 Å². The Morgan fingerprint density at radius 1 is 1.20 bits per heavy atom. The van der Waals surface area contributed by atoms with Crippen LogP contribution in [0.5, 0.6) is 5.75 Å². The number of aldehydes is 1. The van der Waals surface area contributed by atoms with Gasteiger partial charge in [0.25, 0.3) is 0 Å². The van der Waals surface area contributed by atoms with Crippen LogP contribution < -0.4 is 4.74 Å². The molecular weight excluding hydrogens is 279 g/mol. The van der Waals surface area contributed by atoms with E-state index in [1.165, 1.54) is 6.07 Å². The average molecular weight is 293 g/mol. The third kappa shape index (κ3) is 3.17. The van der Waals surface area contributed by atoms with Crippen molar-refractivity contribution < 1.29 is 13.9 Å². The zero-order valence-electron chi connectivity index (χ0n) is 11.2. The summed E-state index contributed by atoms with van der Waals surface area (Å²) in [4.78, 5) is 10.8. The molecule has 0 amide bonds. The molecular formula is C16H14ClFO2. The fraction of sp³-hybridized carbons (Fsp3) is 0.188. The summed E-state index contributed by atoms with van der Waals surface area (Å²) in [7, 11) is 0. The van der Waals surface area contributed by atoms with Crippen LogP contribution in [0.3, 0.4) is 0 Å². The molecule has 0 saturated heterocycles. The van der Waals surface area contributed by atoms with E-state index in [4.69, 9.17) is 16.3 Å². The standard InChI is InChI=1S/C16H14ClFO2/c1-10-5-12(8-19)6-11(2)16(10)20-9-13-3-4-14(17)7-15(13)18/h3-8H,9H2,1-2H3. The summed E-state index contributed by atoms with van der Waals surface area (Å²) in [6, 6.07) is 7.97. The van der Waals surface area contributed by atoms with Crippen molar-refractivity contribution in [2.45, 2.75) is 20.5 Å². The molecule has 104 valence electrons. The number of carbonyl (C=O) groups is 1. The molecule has 2 aromatic rings. The lowest BCUT2D eigenvalue weighted by Crippen LogP contribution is -2.02. The highest BCUT2D eigenvalue weighted by Gasteiger charge is 2.09. The van der Waals surface area contributed by atoms with E-state index in [1.54, 1.807) is 24.3 Å². The Morgan fingerprint density at radius 2 is 1.85 bits per heavy atom. The monoisotopic (exact) mass is 292 g/mol. The number of rotatable bonds is 4. The highest BCUT2D eigenvalue weighted by atomic mass is 35.5. The molecule has 2 nitrogen and oxygen atoms in total. The quantitative estimate of drug-likeness (QED) is 0.776. The molecule has 0 aliphatic rings. The Labute approximate surface area is 122 Å². The first-order valence-corrected chi connectivity index (χ1v) is 6.52. The minimum atomic E-state index is -0.391. The lowest BCUT2D eigenvalue weighted by molar-refractivity contribution is 0.112. The third-order valence-corrected chi connectivity index (χ3v) is 3.24. The van der Waals surface area contributed by atoms with Crippen LogP contribution in [-0.4, -0.2) is 6.29 Å². The fourth-order valence-electron chi connectivity index (χ4n) is 2.07. The minimum Gasteiger partial charge on any atom is -0.488 e. The van der Waals surface area contributed by atoms with Gasteiger partial charge in [-0.3, -0.25) is 4.79 Å². The molecule has 0 heterocycles. The molecule has 0 unspecified atom stereocenters. The summed E-state index contributed by atoms with van der Waals surface area (Å²) in [6.45, 7) is 3.83. The molecule has 0 aliphatic heterocycles. The van der Waals surface area contributed by atoms with E-state index in [1.807, 2.05) is 13.8 Å². The topological polar surface area (TPSA) is 26.3 Å². The molecule has 0 aliphatic carbocycles. The molecule has 0 radical (unpaired) electrons. The van der Waals surface area contributed by atoms with Crippen molar-refractivity contribution in [2.24, 2.45) is 0 Å². The summed E-state index contributed by atoms with van der Waals surface area (Å²) in [6.07, 6.45) is 0.794. The molecule has 0 spiro atoms. The largest absolute Gasteiger partial charge is 0.488 e. The normalized spacial score (nSPS) is 10.4. The second kappa shape index (κ2) is 6.06. The van der Waals surface area contributed by atoms with E-state index in [0.29, 0.717) is 21.9 Å². The van der Waals surface area contributed by atoms with Gasteiger partial charge < -0.3 is 4.74 Å². The molecule has 0 aromatic heterocycles. The van der Waals surface area contributed by atoms with Crippen molar-refractivity contribution in [3.63, 3.8) is 0 Å². The minimum absolute atomic E-state index is 0.116. The Hall–Kier alpha value is -1.87. The van der Waals surface area contributed by atoms with Crippen LogP contribution >= 0.6 is 11.6 Å². The van der Waals surface area contributed by atoms with Crippen LogP contribution in [0, 0.1) is 19.7 Å². The van der Waals surface area contributed by atoms with Gasteiger partial charge in [-0.25, -0.2) is 4.39 Å². The number of hydrogen-bond donors (Lipinski definition) is 0. The molecule has 0 bridgehead atoms. The van der Waals surface area contributed by atoms with Gasteiger partial charge in [0.2, 0.25) is 0 Å². The molecule has 2 rings (SSSR count). The second-order valence-electron chi connectivity index (χ2n) is 4.63. The fourth-order valence-corrected chi connectivity index (χ4v) is 2.23. The molecule has 2 aromatic carbocycles. The number of benzene rings is 2. The number of aryl methyl sites for hydroxylation is 2. The highest BCUT2D eigenvalue weighted by Crippen LogP contribution is 2.26. The molecule has 0 saturated carbocycles. The Kier molecular flexibility index (Phi) is 4.40. The summed E-state index contributed by atoms with van der Waals surface area (Å²) < 4.78 is 19.3. The zero-order valence-corrected chi connectivity index (χ0v) is 12.0. The molecule has 4 heteroatoms. The predicted molar refractivity (Wildman–Crippen MR) is 77.0 cm³/mol. The average Bonchev–Trinajstić information content (AvgIpc) is 2.39. The van der Waals surface area contributed by atoms with Crippen molar-refractivity contribution in [1.29, 1.82) is 0 Å². The van der Waals surface area contributed by atoms with Gasteiger partial charge in [0.1, 0.15) is 24.5 Å². The van der Waals surface area contributed by atoms with Crippen molar-refractivity contribution in [1.82, 2.24) is 0 Å². The van der Waals surface area contributed by atoms with Crippen molar-refractivity contribution in [3.05, 3.63) is 63.4 Å². The van der Waals surface area contributed by atoms with Crippen LogP contribution in [-0.2, 0) is 6.61 Å². The smallest absolute Gasteiger partial charge is 0.150 e. The zero-order chi connectivity index (χ0) is 14.7. The summed E-state index contributed by atoms with van der Waals surface area (Å²) >= 11 is 5.70. The van der Waals surface area contributed by atoms with E-state index in [-0.39, 0.29) is 6.61 Å². The lowest BCUT2D eigenvalue weighted by atomic mass is 10.1. The van der Waals surface area contributed by atoms with Crippen LogP contribution in [0.2, 0.25) is 5.02 Å². The van der Waals surface area contributed by atoms with Gasteiger partial charge in [-0.2, -0.15) is 0 Å². The van der Waals surface area contributed by atoms with Crippen LogP contribution in [0.1, 0.15) is 27.0 Å². The summed E-state index contributed by atoms with van der Waals surface area (Å²) in [5.41, 5.74) is 2.74. The van der Waals surface area contributed by atoms with Gasteiger partial charge in [-0.15, -0.1) is 0 Å². The van der Waals surface area contributed by atoms with E-state index in [9.17, 15) is 9.18 Å². The predicted octanol–water partition coefficient (Wildman–Crippen LogP) is 4.49. The van der Waals surface area contributed by atoms with Gasteiger partial charge in [0.05, 0.1) is 0 Å². The summed E-state index contributed by atoms with van der Waals surface area (Å²) in [5.74, 6) is 0.280. The maximum atomic E-state index is 13.7. The van der Waals surface area contributed by atoms with Gasteiger partial charge in [0.15, 0.2) is 0 Å². The first-order chi connectivity index (χ1) is 9.51. The number of ether oxygens (including phenoxy) is 1. The Morgan fingerprint density at radius 3 is 2.40 bits per heavy atom. The molecule has 0 N–H and O–H groups in total. The van der Waals surface area contributed by atoms with E-state index in [2.05, 4.69) is 0 Å². The number of halogens is 2. The van der Waals surface area contributed by atoms with Crippen LogP contribution in [0.25, 0.3) is 0 Å². The molecule has 0 fully saturated rings.